The van der Waals surface area contributed by atoms with Crippen LogP contribution in [-0.4, -0.2) is 18.4 Å². The van der Waals surface area contributed by atoms with E-state index in [4.69, 9.17) is 11.6 Å². The van der Waals surface area contributed by atoms with Crippen molar-refractivity contribution in [2.45, 2.75) is 17.9 Å². The van der Waals surface area contributed by atoms with Crippen LogP contribution in [0.1, 0.15) is 18.5 Å². The van der Waals surface area contributed by atoms with Gasteiger partial charge in [-0.1, -0.05) is 28.1 Å². The summed E-state index contributed by atoms with van der Waals surface area (Å²) in [4.78, 5) is 7.31. The van der Waals surface area contributed by atoms with Crippen LogP contribution in [0, 0.1) is 0 Å². The number of nitrogens with zero attached hydrogens (tertiary/aromatic N) is 2. The van der Waals surface area contributed by atoms with Crippen molar-refractivity contribution in [2.75, 3.05) is 0 Å². The monoisotopic (exact) mass is 375 g/mol. The van der Waals surface area contributed by atoms with Gasteiger partial charge in [-0.25, -0.2) is 23.1 Å². The first-order valence-electron chi connectivity index (χ1n) is 5.64. The molecule has 0 spiro atoms. The highest BCUT2D eigenvalue weighted by molar-refractivity contribution is 9.10. The molecule has 0 aliphatic carbocycles. The highest BCUT2D eigenvalue weighted by Crippen LogP contribution is 2.19. The third-order valence-electron chi connectivity index (χ3n) is 2.61. The Morgan fingerprint density at radius 2 is 1.75 bits per heavy atom. The minimum Gasteiger partial charge on any atom is -0.225 e. The summed E-state index contributed by atoms with van der Waals surface area (Å²) in [5.74, 6) is 0. The minimum absolute atomic E-state index is 0.00454. The predicted molar refractivity (Wildman–Crippen MR) is 79.9 cm³/mol. The summed E-state index contributed by atoms with van der Waals surface area (Å²) in [6.45, 7) is 1.76. The van der Waals surface area contributed by atoms with Gasteiger partial charge in [0.05, 0.1) is 12.4 Å². The summed E-state index contributed by atoms with van der Waals surface area (Å²) in [7, 11) is -3.68. The first-order valence-corrected chi connectivity index (χ1v) is 8.29. The molecule has 2 rings (SSSR count). The standard InChI is InChI=1S/C12H11BrClN3O2S/c1-8(9-2-4-10(13)5-3-9)17-20(18,19)11-6-15-12(14)16-7-11/h2-8,17H,1H3/t8-/m0/s1. The van der Waals surface area contributed by atoms with Crippen LogP contribution in [0.3, 0.4) is 0 Å². The lowest BCUT2D eigenvalue weighted by molar-refractivity contribution is 0.566. The second kappa shape index (κ2) is 6.17. The van der Waals surface area contributed by atoms with Crippen molar-refractivity contribution in [1.29, 1.82) is 0 Å². The Balaban J connectivity index is 2.19. The van der Waals surface area contributed by atoms with Crippen LogP contribution in [0.2, 0.25) is 5.28 Å². The number of nitrogens with one attached hydrogen (secondary N) is 1. The Kier molecular flexibility index (Phi) is 4.74. The van der Waals surface area contributed by atoms with E-state index in [0.717, 1.165) is 10.0 Å². The average molecular weight is 377 g/mol. The third-order valence-corrected chi connectivity index (χ3v) is 4.83. The largest absolute Gasteiger partial charge is 0.244 e. The van der Waals surface area contributed by atoms with Gasteiger partial charge in [-0.2, -0.15) is 0 Å². The molecule has 0 aliphatic rings. The van der Waals surface area contributed by atoms with Gasteiger partial charge in [0.2, 0.25) is 15.3 Å². The van der Waals surface area contributed by atoms with E-state index in [1.807, 2.05) is 24.3 Å². The normalized spacial score (nSPS) is 13.2. The SMILES string of the molecule is C[C@H](NS(=O)(=O)c1cnc(Cl)nc1)c1ccc(Br)cc1. The van der Waals surface area contributed by atoms with Crippen molar-refractivity contribution in [3.8, 4) is 0 Å². The Morgan fingerprint density at radius 1 is 1.20 bits per heavy atom. The highest BCUT2D eigenvalue weighted by Gasteiger charge is 2.19. The van der Waals surface area contributed by atoms with E-state index in [2.05, 4.69) is 30.6 Å². The van der Waals surface area contributed by atoms with Gasteiger partial charge in [-0.3, -0.25) is 0 Å². The molecule has 2 aromatic rings. The van der Waals surface area contributed by atoms with Gasteiger partial charge >= 0.3 is 0 Å². The predicted octanol–water partition coefficient (Wildman–Crippen LogP) is 2.93. The van der Waals surface area contributed by atoms with Gasteiger partial charge < -0.3 is 0 Å². The number of halogens is 2. The number of hydrogen-bond acceptors (Lipinski definition) is 4. The fourth-order valence-electron chi connectivity index (χ4n) is 1.56. The summed E-state index contributed by atoms with van der Waals surface area (Å²) < 4.78 is 27.8. The van der Waals surface area contributed by atoms with Crippen molar-refractivity contribution in [2.24, 2.45) is 0 Å². The molecular weight excluding hydrogens is 366 g/mol. The summed E-state index contributed by atoms with van der Waals surface area (Å²) in [6.07, 6.45) is 2.35. The molecule has 0 amide bonds. The van der Waals surface area contributed by atoms with Crippen molar-refractivity contribution < 1.29 is 8.42 Å². The summed E-state index contributed by atoms with van der Waals surface area (Å²) >= 11 is 8.87. The second-order valence-corrected chi connectivity index (χ2v) is 7.05. The number of aromatic nitrogens is 2. The Bertz CT molecular complexity index is 690. The molecular formula is C12H11BrClN3O2S. The van der Waals surface area contributed by atoms with E-state index in [1.54, 1.807) is 6.92 Å². The average Bonchev–Trinajstić information content (AvgIpc) is 2.39. The topological polar surface area (TPSA) is 72.0 Å². The lowest BCUT2D eigenvalue weighted by Crippen LogP contribution is -2.27. The lowest BCUT2D eigenvalue weighted by Gasteiger charge is -2.14. The molecule has 1 aromatic carbocycles. The van der Waals surface area contributed by atoms with Gasteiger partial charge in [-0.05, 0) is 36.2 Å². The molecule has 1 aromatic heterocycles. The van der Waals surface area contributed by atoms with Crippen molar-refractivity contribution in [1.82, 2.24) is 14.7 Å². The van der Waals surface area contributed by atoms with E-state index in [9.17, 15) is 8.42 Å². The minimum atomic E-state index is -3.68. The first-order chi connectivity index (χ1) is 9.38. The van der Waals surface area contributed by atoms with Crippen LogP contribution >= 0.6 is 27.5 Å². The lowest BCUT2D eigenvalue weighted by atomic mass is 10.1. The number of sulfonamides is 1. The third kappa shape index (κ3) is 3.76. The summed E-state index contributed by atoms with van der Waals surface area (Å²) in [5, 5.41) is 0.00454. The molecule has 8 heteroatoms. The van der Waals surface area contributed by atoms with Crippen LogP contribution in [0.15, 0.2) is 46.0 Å². The molecule has 106 valence electrons. The molecule has 20 heavy (non-hydrogen) atoms. The molecule has 0 bridgehead atoms. The molecule has 0 saturated heterocycles. The quantitative estimate of drug-likeness (QED) is 0.833. The van der Waals surface area contributed by atoms with Crippen LogP contribution in [0.25, 0.3) is 0 Å². The van der Waals surface area contributed by atoms with Crippen molar-refractivity contribution >= 4 is 37.6 Å². The molecule has 0 saturated carbocycles. The zero-order valence-corrected chi connectivity index (χ0v) is 13.6. The number of hydrogen-bond donors (Lipinski definition) is 1. The maximum atomic E-state index is 12.2. The fourth-order valence-corrected chi connectivity index (χ4v) is 3.04. The van der Waals surface area contributed by atoms with Gasteiger partial charge in [-0.15, -0.1) is 0 Å². The van der Waals surface area contributed by atoms with Crippen molar-refractivity contribution in [3.63, 3.8) is 0 Å². The number of rotatable bonds is 4. The Hall–Kier alpha value is -1.02. The van der Waals surface area contributed by atoms with Crippen LogP contribution in [-0.2, 0) is 10.0 Å². The van der Waals surface area contributed by atoms with Gasteiger partial charge in [0, 0.05) is 10.5 Å². The van der Waals surface area contributed by atoms with E-state index < -0.39 is 10.0 Å². The second-order valence-electron chi connectivity index (χ2n) is 4.08. The Morgan fingerprint density at radius 3 is 2.30 bits per heavy atom. The van der Waals surface area contributed by atoms with Gasteiger partial charge in [0.15, 0.2) is 0 Å². The maximum absolute atomic E-state index is 12.2. The van der Waals surface area contributed by atoms with Gasteiger partial charge in [0.1, 0.15) is 4.90 Å². The molecule has 0 unspecified atom stereocenters. The van der Waals surface area contributed by atoms with E-state index in [1.165, 1.54) is 12.4 Å². The fraction of sp³-hybridized carbons (Fsp3) is 0.167. The maximum Gasteiger partial charge on any atom is 0.244 e. The summed E-state index contributed by atoms with van der Waals surface area (Å²) in [6, 6.07) is 7.02. The number of benzene rings is 1. The first kappa shape index (κ1) is 15.4. The van der Waals surface area contributed by atoms with E-state index in [0.29, 0.717) is 0 Å². The zero-order chi connectivity index (χ0) is 14.8. The molecule has 1 heterocycles. The molecule has 5 nitrogen and oxygen atoms in total. The van der Waals surface area contributed by atoms with Gasteiger partial charge in [0.25, 0.3) is 0 Å². The van der Waals surface area contributed by atoms with E-state index >= 15 is 0 Å². The van der Waals surface area contributed by atoms with Crippen molar-refractivity contribution in [3.05, 3.63) is 52.0 Å². The van der Waals surface area contributed by atoms with E-state index in [-0.39, 0.29) is 16.2 Å². The summed E-state index contributed by atoms with van der Waals surface area (Å²) in [5.41, 5.74) is 0.853. The molecule has 1 atom stereocenters. The van der Waals surface area contributed by atoms with Crippen LogP contribution in [0.4, 0.5) is 0 Å². The highest BCUT2D eigenvalue weighted by atomic mass is 79.9. The smallest absolute Gasteiger partial charge is 0.225 e. The molecule has 0 radical (unpaired) electrons. The molecule has 0 fully saturated rings. The Labute approximate surface area is 130 Å². The van der Waals surface area contributed by atoms with Crippen LogP contribution in [0.5, 0.6) is 0 Å². The zero-order valence-electron chi connectivity index (χ0n) is 10.4. The van der Waals surface area contributed by atoms with Crippen LogP contribution < -0.4 is 4.72 Å². The molecule has 0 aliphatic heterocycles. The molecule has 1 N–H and O–H groups in total.